The van der Waals surface area contributed by atoms with Gasteiger partial charge in [-0.15, -0.1) is 11.8 Å². The highest BCUT2D eigenvalue weighted by atomic mass is 32.2. The van der Waals surface area contributed by atoms with Crippen molar-refractivity contribution in [2.45, 2.75) is 43.7 Å². The first-order valence-corrected chi connectivity index (χ1v) is 7.47. The predicted molar refractivity (Wildman–Crippen MR) is 69.5 cm³/mol. The Bertz CT molecular complexity index is 390. The Morgan fingerprint density at radius 3 is 2.71 bits per heavy atom. The monoisotopic (exact) mass is 273 g/mol. The largest absolute Gasteiger partial charge is 0.477 e. The molecular formula is C11H15NO3S2. The predicted octanol–water partition coefficient (Wildman–Crippen LogP) is 2.47. The summed E-state index contributed by atoms with van der Waals surface area (Å²) in [4.78, 5) is 24.1. The number of carboxylic acid groups (broad SMARTS) is 1. The fourth-order valence-electron chi connectivity index (χ4n) is 1.91. The molecule has 2 aliphatic rings. The average molecular weight is 273 g/mol. The zero-order valence-electron chi connectivity index (χ0n) is 9.80. The van der Waals surface area contributed by atoms with Gasteiger partial charge in [0.15, 0.2) is 5.70 Å². The van der Waals surface area contributed by atoms with E-state index in [1.807, 2.05) is 0 Å². The van der Waals surface area contributed by atoms with Crippen LogP contribution in [0.25, 0.3) is 0 Å². The van der Waals surface area contributed by atoms with Crippen LogP contribution in [0.15, 0.2) is 9.93 Å². The highest BCUT2D eigenvalue weighted by molar-refractivity contribution is 8.23. The summed E-state index contributed by atoms with van der Waals surface area (Å²) in [6, 6.07) is 0. The van der Waals surface area contributed by atoms with Gasteiger partial charge in [0.25, 0.3) is 0 Å². The van der Waals surface area contributed by atoms with Crippen molar-refractivity contribution in [3.63, 3.8) is 0 Å². The van der Waals surface area contributed by atoms with Gasteiger partial charge in [-0.3, -0.25) is 9.69 Å². The Labute approximate surface area is 109 Å². The van der Waals surface area contributed by atoms with E-state index < -0.39 is 5.97 Å². The number of hydrogen-bond donors (Lipinski definition) is 1. The molecular weight excluding hydrogens is 258 g/mol. The van der Waals surface area contributed by atoms with Crippen molar-refractivity contribution < 1.29 is 14.7 Å². The van der Waals surface area contributed by atoms with Crippen LogP contribution in [-0.4, -0.2) is 32.5 Å². The highest BCUT2D eigenvalue weighted by Crippen LogP contribution is 2.51. The lowest BCUT2D eigenvalue weighted by Gasteiger charge is -2.33. The Balaban J connectivity index is 2.20. The van der Waals surface area contributed by atoms with Gasteiger partial charge in [0.05, 0.1) is 16.0 Å². The van der Waals surface area contributed by atoms with Crippen LogP contribution in [-0.2, 0) is 9.59 Å². The molecule has 0 bridgehead atoms. The molecule has 0 aromatic rings. The number of thioether (sulfide) groups is 2. The third-order valence-electron chi connectivity index (χ3n) is 2.97. The molecule has 17 heavy (non-hydrogen) atoms. The summed E-state index contributed by atoms with van der Waals surface area (Å²) < 4.78 is 0.807. The first-order chi connectivity index (χ1) is 8.08. The zero-order chi connectivity index (χ0) is 12.6. The van der Waals surface area contributed by atoms with Crippen molar-refractivity contribution in [1.29, 1.82) is 0 Å². The minimum Gasteiger partial charge on any atom is -0.477 e. The molecule has 0 radical (unpaired) electrons. The van der Waals surface area contributed by atoms with Crippen molar-refractivity contribution in [2.24, 2.45) is 0 Å². The number of carboxylic acids is 1. The topological polar surface area (TPSA) is 57.6 Å². The molecule has 1 fully saturated rings. The van der Waals surface area contributed by atoms with Gasteiger partial charge < -0.3 is 5.11 Å². The first kappa shape index (κ1) is 12.8. The van der Waals surface area contributed by atoms with Gasteiger partial charge in [0, 0.05) is 5.25 Å². The molecule has 0 aromatic heterocycles. The van der Waals surface area contributed by atoms with E-state index in [0.29, 0.717) is 11.7 Å². The van der Waals surface area contributed by atoms with E-state index >= 15 is 0 Å². The van der Waals surface area contributed by atoms with Crippen LogP contribution in [0.1, 0.15) is 33.1 Å². The van der Waals surface area contributed by atoms with Crippen LogP contribution in [0.5, 0.6) is 0 Å². The summed E-state index contributed by atoms with van der Waals surface area (Å²) in [5, 5.41) is 9.67. The minimum atomic E-state index is -0.985. The summed E-state index contributed by atoms with van der Waals surface area (Å²) in [5.74, 6) is -1.05. The second kappa shape index (κ2) is 4.94. The second-order valence-electron chi connectivity index (χ2n) is 4.04. The molecule has 6 heteroatoms. The molecule has 4 nitrogen and oxygen atoms in total. The average Bonchev–Trinajstić information content (AvgIpc) is 2.58. The Hall–Kier alpha value is -0.620. The van der Waals surface area contributed by atoms with Gasteiger partial charge in [-0.25, -0.2) is 4.79 Å². The number of carbonyl (C=O) groups excluding carboxylic acids is 1. The fraction of sp³-hybridized carbons (Fsp3) is 0.636. The smallest absolute Gasteiger partial charge is 0.354 e. The Morgan fingerprint density at radius 1 is 1.59 bits per heavy atom. The standard InChI is InChI=1S/C11H15NO3S2/c1-3-6(4-2)16-11-9(10(14)15)12-7(13)5-8(12)17-11/h6,8H,3-5H2,1-2H3,(H,14,15). The molecule has 94 valence electrons. The van der Waals surface area contributed by atoms with Crippen LogP contribution < -0.4 is 0 Å². The normalized spacial score (nSPS) is 23.1. The molecule has 2 heterocycles. The van der Waals surface area contributed by atoms with Gasteiger partial charge >= 0.3 is 5.97 Å². The van der Waals surface area contributed by atoms with Crippen molar-refractivity contribution in [1.82, 2.24) is 4.90 Å². The number of nitrogens with zero attached hydrogens (tertiary/aromatic N) is 1. The molecule has 1 N–H and O–H groups in total. The molecule has 1 unspecified atom stereocenters. The number of rotatable bonds is 5. The van der Waals surface area contributed by atoms with E-state index in [1.165, 1.54) is 16.7 Å². The lowest BCUT2D eigenvalue weighted by molar-refractivity contribution is -0.145. The molecule has 0 aromatic carbocycles. The molecule has 1 saturated heterocycles. The number of carbonyl (C=O) groups is 2. The Morgan fingerprint density at radius 2 is 2.24 bits per heavy atom. The van der Waals surface area contributed by atoms with Gasteiger partial charge in [-0.05, 0) is 12.8 Å². The van der Waals surface area contributed by atoms with E-state index in [0.717, 1.165) is 17.1 Å². The summed E-state index contributed by atoms with van der Waals surface area (Å²) in [6.45, 7) is 4.20. The van der Waals surface area contributed by atoms with E-state index in [-0.39, 0.29) is 17.0 Å². The van der Waals surface area contributed by atoms with Crippen molar-refractivity contribution >= 4 is 35.4 Å². The molecule has 2 aliphatic heterocycles. The fourth-order valence-corrected chi connectivity index (χ4v) is 4.90. The van der Waals surface area contributed by atoms with Crippen molar-refractivity contribution in [2.75, 3.05) is 0 Å². The lowest BCUT2D eigenvalue weighted by Crippen LogP contribution is -2.48. The lowest BCUT2D eigenvalue weighted by atomic mass is 10.2. The zero-order valence-corrected chi connectivity index (χ0v) is 11.4. The van der Waals surface area contributed by atoms with Crippen LogP contribution in [0.3, 0.4) is 0 Å². The van der Waals surface area contributed by atoms with Gasteiger partial charge in [0.2, 0.25) is 5.91 Å². The van der Waals surface area contributed by atoms with Crippen LogP contribution in [0.4, 0.5) is 0 Å². The van der Waals surface area contributed by atoms with Gasteiger partial charge in [-0.1, -0.05) is 25.6 Å². The highest BCUT2D eigenvalue weighted by Gasteiger charge is 2.48. The molecule has 0 saturated carbocycles. The number of fused-ring (bicyclic) bond motifs is 1. The van der Waals surface area contributed by atoms with E-state index in [4.69, 9.17) is 0 Å². The quantitative estimate of drug-likeness (QED) is 0.780. The molecule has 1 amide bonds. The second-order valence-corrected chi connectivity index (χ2v) is 6.80. The number of aliphatic carboxylic acids is 1. The summed E-state index contributed by atoms with van der Waals surface area (Å²) >= 11 is 3.13. The van der Waals surface area contributed by atoms with Crippen molar-refractivity contribution in [3.8, 4) is 0 Å². The van der Waals surface area contributed by atoms with Crippen LogP contribution >= 0.6 is 23.5 Å². The molecule has 1 atom stereocenters. The maximum Gasteiger partial charge on any atom is 0.354 e. The third kappa shape index (κ3) is 2.20. The SMILES string of the molecule is CCC(CC)SC1=C(C(=O)O)N2C(=O)CC2S1. The van der Waals surface area contributed by atoms with Gasteiger partial charge in [-0.2, -0.15) is 0 Å². The minimum absolute atomic E-state index is 0.0328. The van der Waals surface area contributed by atoms with E-state index in [1.54, 1.807) is 11.8 Å². The van der Waals surface area contributed by atoms with Crippen LogP contribution in [0.2, 0.25) is 0 Å². The maximum atomic E-state index is 11.4. The Kier molecular flexibility index (Phi) is 3.73. The van der Waals surface area contributed by atoms with E-state index in [2.05, 4.69) is 13.8 Å². The third-order valence-corrected chi connectivity index (χ3v) is 6.01. The number of amides is 1. The summed E-state index contributed by atoms with van der Waals surface area (Å²) in [5.41, 5.74) is 0.202. The van der Waals surface area contributed by atoms with Crippen molar-refractivity contribution in [3.05, 3.63) is 9.93 Å². The maximum absolute atomic E-state index is 11.4. The number of hydrogen-bond acceptors (Lipinski definition) is 4. The number of β-lactam (4-membered cyclic amide) rings is 1. The summed E-state index contributed by atoms with van der Waals surface area (Å²) in [7, 11) is 0. The van der Waals surface area contributed by atoms with E-state index in [9.17, 15) is 14.7 Å². The molecule has 0 spiro atoms. The molecule has 2 rings (SSSR count). The van der Waals surface area contributed by atoms with Crippen LogP contribution in [0, 0.1) is 0 Å². The first-order valence-electron chi connectivity index (χ1n) is 5.71. The summed E-state index contributed by atoms with van der Waals surface area (Å²) in [6.07, 6.45) is 2.49. The molecule has 0 aliphatic carbocycles. The van der Waals surface area contributed by atoms with Gasteiger partial charge in [0.1, 0.15) is 0 Å².